The van der Waals surface area contributed by atoms with Gasteiger partial charge < -0.3 is 9.88 Å². The molecule has 7 heteroatoms. The van der Waals surface area contributed by atoms with Gasteiger partial charge in [-0.05, 0) is 62.0 Å². The number of aromatic nitrogens is 1. The van der Waals surface area contributed by atoms with Crippen LogP contribution in [0, 0.1) is 5.82 Å². The van der Waals surface area contributed by atoms with Gasteiger partial charge in [0.15, 0.2) is 0 Å². The molecule has 3 N–H and O–H groups in total. The van der Waals surface area contributed by atoms with Crippen molar-refractivity contribution in [3.8, 4) is 11.1 Å². The Labute approximate surface area is 146 Å². The highest BCUT2D eigenvalue weighted by molar-refractivity contribution is 7.89. The number of hydrogen-bond acceptors (Lipinski definition) is 3. The summed E-state index contributed by atoms with van der Waals surface area (Å²) in [5.74, 6) is -0.308. The minimum Gasteiger partial charge on any atom is -0.360 e. The minimum atomic E-state index is -3.79. The molecule has 0 amide bonds. The number of H-pyrrole nitrogens is 1. The van der Waals surface area contributed by atoms with E-state index in [2.05, 4.69) is 4.98 Å². The number of sulfonamides is 1. The van der Waals surface area contributed by atoms with Crippen LogP contribution in [0.15, 0.2) is 47.5 Å². The highest BCUT2D eigenvalue weighted by atomic mass is 32.2. The fourth-order valence-electron chi connectivity index (χ4n) is 2.90. The molecule has 0 aliphatic heterocycles. The number of likely N-dealkylation sites (N-methyl/N-ethyl adjacent to an activating group) is 1. The molecule has 25 heavy (non-hydrogen) atoms. The molecule has 0 saturated heterocycles. The van der Waals surface area contributed by atoms with Crippen LogP contribution >= 0.6 is 0 Å². The van der Waals surface area contributed by atoms with E-state index in [1.807, 2.05) is 25.1 Å². The van der Waals surface area contributed by atoms with E-state index in [1.54, 1.807) is 18.3 Å². The van der Waals surface area contributed by atoms with Crippen LogP contribution in [0.1, 0.15) is 5.56 Å². The van der Waals surface area contributed by atoms with Gasteiger partial charge >= 0.3 is 0 Å². The quantitative estimate of drug-likeness (QED) is 0.733. The molecule has 0 radical (unpaired) electrons. The van der Waals surface area contributed by atoms with Gasteiger partial charge in [-0.25, -0.2) is 17.9 Å². The van der Waals surface area contributed by atoms with Gasteiger partial charge in [0.2, 0.25) is 10.0 Å². The largest absolute Gasteiger partial charge is 0.360 e. The maximum Gasteiger partial charge on any atom is 0.238 e. The van der Waals surface area contributed by atoms with Crippen molar-refractivity contribution >= 4 is 20.9 Å². The van der Waals surface area contributed by atoms with E-state index in [0.717, 1.165) is 16.5 Å². The van der Waals surface area contributed by atoms with Crippen LogP contribution in [0.4, 0.5) is 4.39 Å². The predicted octanol–water partition coefficient (Wildman–Crippen LogP) is 2.73. The summed E-state index contributed by atoms with van der Waals surface area (Å²) in [6.45, 7) is 0.699. The van der Waals surface area contributed by atoms with Crippen LogP contribution in [-0.4, -0.2) is 38.9 Å². The van der Waals surface area contributed by atoms with Gasteiger partial charge in [0.1, 0.15) is 5.82 Å². The molecule has 0 unspecified atom stereocenters. The van der Waals surface area contributed by atoms with Crippen molar-refractivity contribution in [2.24, 2.45) is 5.14 Å². The maximum absolute atomic E-state index is 13.4. The smallest absolute Gasteiger partial charge is 0.238 e. The van der Waals surface area contributed by atoms with Crippen molar-refractivity contribution in [1.82, 2.24) is 9.88 Å². The molecule has 1 heterocycles. The molecule has 0 aliphatic carbocycles. The highest BCUT2D eigenvalue weighted by Gasteiger charge is 2.16. The Morgan fingerprint density at radius 3 is 2.60 bits per heavy atom. The number of nitrogens with one attached hydrogen (secondary N) is 1. The number of hydrogen-bond donors (Lipinski definition) is 2. The van der Waals surface area contributed by atoms with Crippen molar-refractivity contribution in [2.45, 2.75) is 11.3 Å². The second kappa shape index (κ2) is 6.59. The summed E-state index contributed by atoms with van der Waals surface area (Å²) in [6, 6.07) is 9.66. The van der Waals surface area contributed by atoms with E-state index in [9.17, 15) is 12.8 Å². The number of aromatic amines is 1. The third kappa shape index (κ3) is 3.73. The van der Waals surface area contributed by atoms with E-state index in [1.165, 1.54) is 18.2 Å². The number of rotatable bonds is 5. The van der Waals surface area contributed by atoms with Crippen molar-refractivity contribution in [3.63, 3.8) is 0 Å². The fraction of sp³-hybridized carbons (Fsp3) is 0.222. The first kappa shape index (κ1) is 17.6. The number of primary sulfonamides is 1. The fourth-order valence-corrected chi connectivity index (χ4v) is 3.69. The van der Waals surface area contributed by atoms with Gasteiger partial charge in [-0.2, -0.15) is 0 Å². The number of halogens is 1. The Balaban J connectivity index is 2.11. The van der Waals surface area contributed by atoms with Crippen LogP contribution in [0.25, 0.3) is 22.0 Å². The molecule has 132 valence electrons. The SMILES string of the molecule is CN(C)CCc1cc(-c2c[nH]c3cc(F)ccc23)ccc1S(N)(=O)=O. The van der Waals surface area contributed by atoms with Crippen LogP contribution in [0.5, 0.6) is 0 Å². The molecule has 3 aromatic rings. The Kier molecular flexibility index (Phi) is 4.64. The number of benzene rings is 2. The molecule has 0 saturated carbocycles. The van der Waals surface area contributed by atoms with Gasteiger partial charge in [-0.15, -0.1) is 0 Å². The van der Waals surface area contributed by atoms with Crippen LogP contribution < -0.4 is 5.14 Å². The molecule has 2 aromatic carbocycles. The highest BCUT2D eigenvalue weighted by Crippen LogP contribution is 2.31. The van der Waals surface area contributed by atoms with Gasteiger partial charge in [0.25, 0.3) is 0 Å². The first-order valence-corrected chi connectivity index (χ1v) is 9.38. The summed E-state index contributed by atoms with van der Waals surface area (Å²) in [7, 11) is 0.0596. The zero-order chi connectivity index (χ0) is 18.2. The lowest BCUT2D eigenvalue weighted by Crippen LogP contribution is -2.19. The summed E-state index contributed by atoms with van der Waals surface area (Å²) in [4.78, 5) is 5.17. The third-order valence-electron chi connectivity index (χ3n) is 4.15. The van der Waals surface area contributed by atoms with Gasteiger partial charge in [0.05, 0.1) is 4.90 Å². The Morgan fingerprint density at radius 1 is 1.16 bits per heavy atom. The molecule has 0 atom stereocenters. The first-order valence-electron chi connectivity index (χ1n) is 7.83. The van der Waals surface area contributed by atoms with Gasteiger partial charge in [0, 0.05) is 29.2 Å². The normalized spacial score (nSPS) is 12.2. The number of nitrogens with zero attached hydrogens (tertiary/aromatic N) is 1. The van der Waals surface area contributed by atoms with Crippen molar-refractivity contribution < 1.29 is 12.8 Å². The molecule has 0 fully saturated rings. The third-order valence-corrected chi connectivity index (χ3v) is 5.16. The van der Waals surface area contributed by atoms with Crippen LogP contribution in [-0.2, 0) is 16.4 Å². The molecule has 0 aliphatic rings. The van der Waals surface area contributed by atoms with E-state index in [-0.39, 0.29) is 10.7 Å². The zero-order valence-corrected chi connectivity index (χ0v) is 14.9. The van der Waals surface area contributed by atoms with E-state index >= 15 is 0 Å². The lowest BCUT2D eigenvalue weighted by atomic mass is 10.0. The van der Waals surface area contributed by atoms with Crippen molar-refractivity contribution in [2.75, 3.05) is 20.6 Å². The predicted molar refractivity (Wildman–Crippen MR) is 97.3 cm³/mol. The summed E-state index contributed by atoms with van der Waals surface area (Å²) in [6.07, 6.45) is 2.36. The van der Waals surface area contributed by atoms with Gasteiger partial charge in [-0.3, -0.25) is 0 Å². The molecule has 0 bridgehead atoms. The summed E-state index contributed by atoms with van der Waals surface area (Å²) in [5.41, 5.74) is 3.12. The molecular weight excluding hydrogens is 341 g/mol. The van der Waals surface area contributed by atoms with E-state index < -0.39 is 10.0 Å². The average molecular weight is 361 g/mol. The van der Waals surface area contributed by atoms with E-state index in [0.29, 0.717) is 24.0 Å². The molecule has 0 spiro atoms. The van der Waals surface area contributed by atoms with Crippen molar-refractivity contribution in [3.05, 3.63) is 54.0 Å². The Hall–Kier alpha value is -2.22. The zero-order valence-electron chi connectivity index (χ0n) is 14.1. The second-order valence-corrected chi connectivity index (χ2v) is 7.84. The van der Waals surface area contributed by atoms with Crippen LogP contribution in [0.3, 0.4) is 0 Å². The molecule has 1 aromatic heterocycles. The topological polar surface area (TPSA) is 79.2 Å². The van der Waals surface area contributed by atoms with Crippen LogP contribution in [0.2, 0.25) is 0 Å². The second-order valence-electron chi connectivity index (χ2n) is 6.31. The summed E-state index contributed by atoms with van der Waals surface area (Å²) < 4.78 is 37.1. The summed E-state index contributed by atoms with van der Waals surface area (Å²) >= 11 is 0. The number of nitrogens with two attached hydrogens (primary N) is 1. The monoisotopic (exact) mass is 361 g/mol. The first-order chi connectivity index (χ1) is 11.8. The molecular formula is C18H20FN3O2S. The lowest BCUT2D eigenvalue weighted by molar-refractivity contribution is 0.412. The maximum atomic E-state index is 13.4. The van der Waals surface area contributed by atoms with Crippen molar-refractivity contribution in [1.29, 1.82) is 0 Å². The molecule has 3 rings (SSSR count). The van der Waals surface area contributed by atoms with E-state index in [4.69, 9.17) is 5.14 Å². The molecule has 5 nitrogen and oxygen atoms in total. The Bertz CT molecular complexity index is 1030. The minimum absolute atomic E-state index is 0.143. The standard InChI is InChI=1S/C18H20FN3O2S/c1-22(2)8-7-13-9-12(3-6-18(13)25(20,23)24)16-11-21-17-10-14(19)4-5-15(16)17/h3-6,9-11,21H,7-8H2,1-2H3,(H2,20,23,24). The van der Waals surface area contributed by atoms with Gasteiger partial charge in [-0.1, -0.05) is 6.07 Å². The summed E-state index contributed by atoms with van der Waals surface area (Å²) in [5, 5.41) is 6.23. The lowest BCUT2D eigenvalue weighted by Gasteiger charge is -2.13. The Morgan fingerprint density at radius 2 is 1.92 bits per heavy atom. The number of fused-ring (bicyclic) bond motifs is 1. The average Bonchev–Trinajstić information content (AvgIpc) is 2.94.